The highest BCUT2D eigenvalue weighted by Crippen LogP contribution is 2.23. The van der Waals surface area contributed by atoms with Crippen LogP contribution in [-0.2, 0) is 0 Å². The Morgan fingerprint density at radius 3 is 2.40 bits per heavy atom. The number of ether oxygens (including phenoxy) is 1. The van der Waals surface area contributed by atoms with Crippen LogP contribution in [0.2, 0.25) is 0 Å². The molecule has 0 aliphatic rings. The third kappa shape index (κ3) is 3.15. The van der Waals surface area contributed by atoms with Crippen LogP contribution in [0.25, 0.3) is 6.08 Å². The summed E-state index contributed by atoms with van der Waals surface area (Å²) in [6.07, 6.45) is 3.45. The Kier molecular flexibility index (Phi) is 4.36. The summed E-state index contributed by atoms with van der Waals surface area (Å²) in [5.41, 5.74) is 3.63. The lowest BCUT2D eigenvalue weighted by Gasteiger charge is -2.09. The second-order valence-corrected chi connectivity index (χ2v) is 4.75. The maximum atomic E-state index is 12.3. The molecule has 20 heavy (non-hydrogen) atoms. The molecule has 102 valence electrons. The van der Waals surface area contributed by atoms with Gasteiger partial charge in [0.2, 0.25) is 0 Å². The van der Waals surface area contributed by atoms with Crippen molar-refractivity contribution in [2.45, 2.75) is 13.8 Å². The van der Waals surface area contributed by atoms with Gasteiger partial charge in [0.25, 0.3) is 0 Å². The summed E-state index contributed by atoms with van der Waals surface area (Å²) in [6, 6.07) is 13.6. The van der Waals surface area contributed by atoms with E-state index in [0.29, 0.717) is 0 Å². The van der Waals surface area contributed by atoms with Crippen LogP contribution in [-0.4, -0.2) is 12.9 Å². The van der Waals surface area contributed by atoms with Crippen molar-refractivity contribution in [3.05, 3.63) is 70.8 Å². The molecule has 0 atom stereocenters. The maximum Gasteiger partial charge on any atom is 0.186 e. The third-order valence-corrected chi connectivity index (χ3v) is 3.23. The number of aryl methyl sites for hydroxylation is 2. The Morgan fingerprint density at radius 2 is 1.75 bits per heavy atom. The first kappa shape index (κ1) is 14.1. The van der Waals surface area contributed by atoms with E-state index in [1.54, 1.807) is 13.2 Å². The van der Waals surface area contributed by atoms with E-state index in [4.69, 9.17) is 4.74 Å². The molecule has 0 aliphatic heterocycles. The molecule has 0 aromatic heterocycles. The Morgan fingerprint density at radius 1 is 1.05 bits per heavy atom. The summed E-state index contributed by atoms with van der Waals surface area (Å²) in [4.78, 5) is 12.3. The van der Waals surface area contributed by atoms with Crippen LogP contribution in [0.4, 0.5) is 0 Å². The van der Waals surface area contributed by atoms with Crippen LogP contribution in [0.3, 0.4) is 0 Å². The van der Waals surface area contributed by atoms with Crippen molar-refractivity contribution in [2.24, 2.45) is 0 Å². The van der Waals surface area contributed by atoms with Crippen molar-refractivity contribution in [3.63, 3.8) is 0 Å². The molecule has 0 amide bonds. The number of allylic oxidation sites excluding steroid dienone is 1. The lowest BCUT2D eigenvalue weighted by atomic mass is 10.0. The molecule has 0 fully saturated rings. The van der Waals surface area contributed by atoms with E-state index < -0.39 is 0 Å². The summed E-state index contributed by atoms with van der Waals surface area (Å²) < 4.78 is 5.26. The molecule has 0 heterocycles. The zero-order valence-corrected chi connectivity index (χ0v) is 12.0. The molecule has 2 rings (SSSR count). The number of hydrogen-bond donors (Lipinski definition) is 0. The van der Waals surface area contributed by atoms with Gasteiger partial charge in [0, 0.05) is 5.56 Å². The Hall–Kier alpha value is -2.35. The monoisotopic (exact) mass is 266 g/mol. The van der Waals surface area contributed by atoms with Gasteiger partial charge < -0.3 is 4.74 Å². The third-order valence-electron chi connectivity index (χ3n) is 3.23. The van der Waals surface area contributed by atoms with Crippen molar-refractivity contribution < 1.29 is 9.53 Å². The van der Waals surface area contributed by atoms with E-state index in [-0.39, 0.29) is 5.78 Å². The first-order valence-corrected chi connectivity index (χ1v) is 6.54. The number of methoxy groups -OCH3 is 1. The van der Waals surface area contributed by atoms with Crippen LogP contribution in [0, 0.1) is 13.8 Å². The smallest absolute Gasteiger partial charge is 0.186 e. The molecule has 0 radical (unpaired) electrons. The highest BCUT2D eigenvalue weighted by atomic mass is 16.5. The first-order valence-electron chi connectivity index (χ1n) is 6.54. The normalized spacial score (nSPS) is 10.8. The average Bonchev–Trinajstić information content (AvgIpc) is 2.47. The molecule has 0 bridgehead atoms. The van der Waals surface area contributed by atoms with Crippen molar-refractivity contribution >= 4 is 11.9 Å². The Bertz CT molecular complexity index is 640. The molecule has 0 spiro atoms. The first-order chi connectivity index (χ1) is 9.61. The maximum absolute atomic E-state index is 12.3. The molecule has 2 aromatic carbocycles. The van der Waals surface area contributed by atoms with Gasteiger partial charge in [-0.2, -0.15) is 0 Å². The number of hydrogen-bond acceptors (Lipinski definition) is 2. The van der Waals surface area contributed by atoms with Gasteiger partial charge >= 0.3 is 0 Å². The molecule has 0 N–H and O–H groups in total. The van der Waals surface area contributed by atoms with Crippen LogP contribution in [0.15, 0.2) is 48.5 Å². The van der Waals surface area contributed by atoms with E-state index in [1.165, 1.54) is 0 Å². The van der Waals surface area contributed by atoms with Gasteiger partial charge in [-0.15, -0.1) is 0 Å². The lowest BCUT2D eigenvalue weighted by molar-refractivity contribution is 0.104. The molecule has 0 unspecified atom stereocenters. The van der Waals surface area contributed by atoms with E-state index in [1.807, 2.05) is 62.4 Å². The lowest BCUT2D eigenvalue weighted by Crippen LogP contribution is -2.00. The standard InChI is InChI=1S/C18H18O2/c1-13-12-18(20-3)14(2)11-16(13)17(19)10-9-15-7-5-4-6-8-15/h4-12H,1-3H3. The van der Waals surface area contributed by atoms with Gasteiger partial charge in [-0.25, -0.2) is 0 Å². The quantitative estimate of drug-likeness (QED) is 0.612. The zero-order valence-electron chi connectivity index (χ0n) is 12.0. The topological polar surface area (TPSA) is 26.3 Å². The molecule has 2 aromatic rings. The fourth-order valence-electron chi connectivity index (χ4n) is 2.10. The highest BCUT2D eigenvalue weighted by molar-refractivity contribution is 6.08. The van der Waals surface area contributed by atoms with Crippen LogP contribution in [0.5, 0.6) is 5.75 Å². The summed E-state index contributed by atoms with van der Waals surface area (Å²) in [5, 5.41) is 0. The minimum Gasteiger partial charge on any atom is -0.496 e. The van der Waals surface area contributed by atoms with E-state index >= 15 is 0 Å². The summed E-state index contributed by atoms with van der Waals surface area (Å²) in [6.45, 7) is 3.86. The van der Waals surface area contributed by atoms with Crippen molar-refractivity contribution in [1.82, 2.24) is 0 Å². The summed E-state index contributed by atoms with van der Waals surface area (Å²) in [5.74, 6) is 0.822. The summed E-state index contributed by atoms with van der Waals surface area (Å²) >= 11 is 0. The van der Waals surface area contributed by atoms with Gasteiger partial charge in [0.15, 0.2) is 5.78 Å². The molecular formula is C18H18O2. The van der Waals surface area contributed by atoms with Crippen molar-refractivity contribution in [2.75, 3.05) is 7.11 Å². The largest absolute Gasteiger partial charge is 0.496 e. The van der Waals surface area contributed by atoms with Gasteiger partial charge in [-0.3, -0.25) is 4.79 Å². The van der Waals surface area contributed by atoms with Crippen molar-refractivity contribution in [3.8, 4) is 5.75 Å². The number of carbonyl (C=O) groups excluding carboxylic acids is 1. The fourth-order valence-corrected chi connectivity index (χ4v) is 2.10. The van der Waals surface area contributed by atoms with Crippen LogP contribution < -0.4 is 4.74 Å². The van der Waals surface area contributed by atoms with Gasteiger partial charge in [0.05, 0.1) is 7.11 Å². The fraction of sp³-hybridized carbons (Fsp3) is 0.167. The highest BCUT2D eigenvalue weighted by Gasteiger charge is 2.09. The van der Waals surface area contributed by atoms with E-state index in [2.05, 4.69) is 0 Å². The van der Waals surface area contributed by atoms with Crippen molar-refractivity contribution in [1.29, 1.82) is 0 Å². The molecule has 2 heteroatoms. The van der Waals surface area contributed by atoms with E-state index in [0.717, 1.165) is 28.0 Å². The van der Waals surface area contributed by atoms with Gasteiger partial charge in [-0.1, -0.05) is 36.4 Å². The second kappa shape index (κ2) is 6.20. The average molecular weight is 266 g/mol. The van der Waals surface area contributed by atoms with Crippen LogP contribution >= 0.6 is 0 Å². The van der Waals surface area contributed by atoms with E-state index in [9.17, 15) is 4.79 Å². The Labute approximate surface area is 119 Å². The number of rotatable bonds is 4. The number of ketones is 1. The van der Waals surface area contributed by atoms with Gasteiger partial charge in [0.1, 0.15) is 5.75 Å². The summed E-state index contributed by atoms with van der Waals surface area (Å²) in [7, 11) is 1.64. The SMILES string of the molecule is COc1cc(C)c(C(=O)C=Cc2ccccc2)cc1C. The molecule has 0 aliphatic carbocycles. The molecular weight excluding hydrogens is 248 g/mol. The molecule has 0 saturated carbocycles. The number of benzene rings is 2. The molecule has 0 saturated heterocycles. The number of carbonyl (C=O) groups is 1. The minimum absolute atomic E-state index is 0.0112. The second-order valence-electron chi connectivity index (χ2n) is 4.75. The zero-order chi connectivity index (χ0) is 14.5. The predicted molar refractivity (Wildman–Crippen MR) is 82.3 cm³/mol. The van der Waals surface area contributed by atoms with Crippen LogP contribution in [0.1, 0.15) is 27.0 Å². The molecule has 2 nitrogen and oxygen atoms in total. The van der Waals surface area contributed by atoms with Gasteiger partial charge in [-0.05, 0) is 48.7 Å². The Balaban J connectivity index is 2.26. The minimum atomic E-state index is 0.0112. The predicted octanol–water partition coefficient (Wildman–Crippen LogP) is 4.21.